The Balaban J connectivity index is 1.98. The average molecular weight is 279 g/mol. The lowest BCUT2D eigenvalue weighted by atomic mass is 9.86. The van der Waals surface area contributed by atoms with Crippen LogP contribution in [0.4, 0.5) is 0 Å². The number of rotatable bonds is 3. The molecule has 106 valence electrons. The fourth-order valence-electron chi connectivity index (χ4n) is 3.14. The molecule has 2 aromatic rings. The summed E-state index contributed by atoms with van der Waals surface area (Å²) >= 11 is 0. The molecule has 2 atom stereocenters. The van der Waals surface area contributed by atoms with Gasteiger partial charge in [-0.3, -0.25) is 0 Å². The van der Waals surface area contributed by atoms with Crippen LogP contribution in [0.3, 0.4) is 0 Å². The van der Waals surface area contributed by atoms with Gasteiger partial charge in [0.1, 0.15) is 0 Å². The van der Waals surface area contributed by atoms with Crippen molar-refractivity contribution in [2.75, 3.05) is 0 Å². The summed E-state index contributed by atoms with van der Waals surface area (Å²) in [6.45, 7) is 0. The van der Waals surface area contributed by atoms with Crippen LogP contribution in [0, 0.1) is 0 Å². The summed E-state index contributed by atoms with van der Waals surface area (Å²) in [6, 6.07) is 18.1. The van der Waals surface area contributed by atoms with Crippen molar-refractivity contribution in [3.05, 3.63) is 70.6 Å². The molecule has 1 N–H and O–H groups in total. The Hall–Kier alpha value is -2.29. The van der Waals surface area contributed by atoms with Gasteiger partial charge in [0.15, 0.2) is 0 Å². The molecular weight excluding hydrogens is 262 g/mol. The maximum absolute atomic E-state index is 10.2. The molecule has 0 saturated heterocycles. The highest BCUT2D eigenvalue weighted by Gasteiger charge is 2.42. The fourth-order valence-corrected chi connectivity index (χ4v) is 3.14. The van der Waals surface area contributed by atoms with E-state index in [0.29, 0.717) is 12.8 Å². The van der Waals surface area contributed by atoms with Crippen molar-refractivity contribution < 1.29 is 5.11 Å². The summed E-state index contributed by atoms with van der Waals surface area (Å²) in [5.41, 5.74) is 11.2. The topological polar surface area (TPSA) is 69.0 Å². The van der Waals surface area contributed by atoms with Gasteiger partial charge in [-0.15, -0.1) is 0 Å². The predicted molar refractivity (Wildman–Crippen MR) is 82.6 cm³/mol. The van der Waals surface area contributed by atoms with Crippen LogP contribution in [0.25, 0.3) is 21.6 Å². The number of nitrogens with zero attached hydrogens (tertiary/aromatic N) is 3. The molecule has 2 aromatic carbocycles. The SMILES string of the molecule is [N-]=[N+]=NC1(c2ccc(-c3ccccc3)cc2)CCCC1O. The monoisotopic (exact) mass is 279 g/mol. The zero-order chi connectivity index (χ0) is 14.7. The third-order valence-corrected chi connectivity index (χ3v) is 4.30. The summed E-state index contributed by atoms with van der Waals surface area (Å²) in [5.74, 6) is 0. The lowest BCUT2D eigenvalue weighted by Crippen LogP contribution is -2.32. The fraction of sp³-hybridized carbons (Fsp3) is 0.294. The molecule has 3 rings (SSSR count). The van der Waals surface area contributed by atoms with E-state index in [0.717, 1.165) is 23.1 Å². The number of hydrogen-bond donors (Lipinski definition) is 1. The smallest absolute Gasteiger partial charge is 0.0996 e. The molecule has 2 unspecified atom stereocenters. The molecule has 1 fully saturated rings. The van der Waals surface area contributed by atoms with Gasteiger partial charge in [-0.25, -0.2) is 0 Å². The molecule has 1 aliphatic rings. The second-order valence-corrected chi connectivity index (χ2v) is 5.47. The van der Waals surface area contributed by atoms with Crippen LogP contribution >= 0.6 is 0 Å². The van der Waals surface area contributed by atoms with E-state index >= 15 is 0 Å². The van der Waals surface area contributed by atoms with Gasteiger partial charge in [0.25, 0.3) is 0 Å². The van der Waals surface area contributed by atoms with Crippen LogP contribution in [0.1, 0.15) is 24.8 Å². The largest absolute Gasteiger partial charge is 0.392 e. The van der Waals surface area contributed by atoms with E-state index in [1.165, 1.54) is 0 Å². The third-order valence-electron chi connectivity index (χ3n) is 4.30. The summed E-state index contributed by atoms with van der Waals surface area (Å²) < 4.78 is 0. The minimum absolute atomic E-state index is 0.601. The number of aliphatic hydroxyl groups excluding tert-OH is 1. The van der Waals surface area contributed by atoms with Gasteiger partial charge in [0, 0.05) is 4.91 Å². The third kappa shape index (κ3) is 2.40. The molecule has 0 aromatic heterocycles. The highest BCUT2D eigenvalue weighted by molar-refractivity contribution is 5.63. The van der Waals surface area contributed by atoms with Gasteiger partial charge in [0.2, 0.25) is 0 Å². The molecule has 0 bridgehead atoms. The van der Waals surface area contributed by atoms with Crippen molar-refractivity contribution in [1.82, 2.24) is 0 Å². The van der Waals surface area contributed by atoms with Crippen LogP contribution in [-0.4, -0.2) is 11.2 Å². The van der Waals surface area contributed by atoms with Gasteiger partial charge in [-0.2, -0.15) is 0 Å². The molecule has 0 aliphatic heterocycles. The van der Waals surface area contributed by atoms with E-state index in [2.05, 4.69) is 22.2 Å². The molecule has 1 aliphatic carbocycles. The number of azide groups is 1. The van der Waals surface area contributed by atoms with Crippen LogP contribution < -0.4 is 0 Å². The molecule has 21 heavy (non-hydrogen) atoms. The van der Waals surface area contributed by atoms with Crippen LogP contribution in [0.5, 0.6) is 0 Å². The molecule has 0 spiro atoms. The lowest BCUT2D eigenvalue weighted by molar-refractivity contribution is 0.110. The predicted octanol–water partition coefficient (Wildman–Crippen LogP) is 4.40. The van der Waals surface area contributed by atoms with Crippen LogP contribution in [0.15, 0.2) is 59.7 Å². The maximum atomic E-state index is 10.2. The summed E-state index contributed by atoms with van der Waals surface area (Å²) in [6.07, 6.45) is 1.65. The number of aliphatic hydroxyl groups is 1. The van der Waals surface area contributed by atoms with Crippen LogP contribution in [-0.2, 0) is 5.54 Å². The summed E-state index contributed by atoms with van der Waals surface area (Å²) in [5, 5.41) is 14.2. The van der Waals surface area contributed by atoms with Gasteiger partial charge in [-0.05, 0) is 41.5 Å². The number of hydrogen-bond acceptors (Lipinski definition) is 2. The first-order valence-corrected chi connectivity index (χ1v) is 7.16. The Bertz CT molecular complexity index is 662. The molecule has 4 heteroatoms. The van der Waals surface area contributed by atoms with E-state index in [4.69, 9.17) is 5.53 Å². The van der Waals surface area contributed by atoms with Gasteiger partial charge < -0.3 is 5.11 Å². The highest BCUT2D eigenvalue weighted by atomic mass is 16.3. The van der Waals surface area contributed by atoms with Crippen molar-refractivity contribution in [2.24, 2.45) is 5.11 Å². The summed E-state index contributed by atoms with van der Waals surface area (Å²) in [7, 11) is 0. The second-order valence-electron chi connectivity index (χ2n) is 5.47. The first kappa shape index (κ1) is 13.7. The molecule has 0 radical (unpaired) electrons. The van der Waals surface area contributed by atoms with Crippen molar-refractivity contribution >= 4 is 0 Å². The summed E-state index contributed by atoms with van der Waals surface area (Å²) in [4.78, 5) is 2.96. The molecular formula is C17H17N3O. The van der Waals surface area contributed by atoms with Gasteiger partial charge in [-0.1, -0.05) is 59.7 Å². The van der Waals surface area contributed by atoms with Crippen molar-refractivity contribution in [1.29, 1.82) is 0 Å². The zero-order valence-electron chi connectivity index (χ0n) is 11.7. The van der Waals surface area contributed by atoms with Crippen molar-refractivity contribution in [3.8, 4) is 11.1 Å². The Kier molecular flexibility index (Phi) is 3.65. The Morgan fingerprint density at radius 1 is 1.05 bits per heavy atom. The first-order chi connectivity index (χ1) is 10.3. The quantitative estimate of drug-likeness (QED) is 0.505. The van der Waals surface area contributed by atoms with E-state index in [1.807, 2.05) is 42.5 Å². The van der Waals surface area contributed by atoms with Gasteiger partial charge in [0.05, 0.1) is 11.6 Å². The van der Waals surface area contributed by atoms with E-state index in [9.17, 15) is 5.11 Å². The Morgan fingerprint density at radius 3 is 2.29 bits per heavy atom. The average Bonchev–Trinajstić information content (AvgIpc) is 2.91. The Morgan fingerprint density at radius 2 is 1.71 bits per heavy atom. The molecule has 4 nitrogen and oxygen atoms in total. The van der Waals surface area contributed by atoms with E-state index < -0.39 is 11.6 Å². The van der Waals surface area contributed by atoms with E-state index in [-0.39, 0.29) is 0 Å². The zero-order valence-corrected chi connectivity index (χ0v) is 11.7. The minimum Gasteiger partial charge on any atom is -0.392 e. The molecule has 0 amide bonds. The first-order valence-electron chi connectivity index (χ1n) is 7.16. The highest BCUT2D eigenvalue weighted by Crippen LogP contribution is 2.43. The molecule has 1 saturated carbocycles. The maximum Gasteiger partial charge on any atom is 0.0996 e. The molecule has 0 heterocycles. The van der Waals surface area contributed by atoms with Crippen molar-refractivity contribution in [3.63, 3.8) is 0 Å². The van der Waals surface area contributed by atoms with Crippen LogP contribution in [0.2, 0.25) is 0 Å². The standard InChI is InChI=1S/C17H17N3O/c18-20-19-17(12-4-7-16(17)21)15-10-8-14(9-11-15)13-5-2-1-3-6-13/h1-3,5-6,8-11,16,21H,4,7,12H2. The number of benzene rings is 2. The second kappa shape index (κ2) is 5.60. The van der Waals surface area contributed by atoms with Crippen molar-refractivity contribution in [2.45, 2.75) is 30.9 Å². The minimum atomic E-state index is -0.802. The Labute approximate surface area is 123 Å². The van der Waals surface area contributed by atoms with Gasteiger partial charge >= 0.3 is 0 Å². The normalized spacial score (nSPS) is 24.5. The lowest BCUT2D eigenvalue weighted by Gasteiger charge is -2.28. The van der Waals surface area contributed by atoms with E-state index in [1.54, 1.807) is 0 Å².